The highest BCUT2D eigenvalue weighted by molar-refractivity contribution is 5.42. The number of nitrogens with two attached hydrogens (primary N) is 1. The third-order valence-electron chi connectivity index (χ3n) is 3.48. The lowest BCUT2D eigenvalue weighted by Gasteiger charge is -2.22. The van der Waals surface area contributed by atoms with Crippen LogP contribution in [0.15, 0.2) is 12.1 Å². The Bertz CT molecular complexity index is 421. The van der Waals surface area contributed by atoms with Crippen molar-refractivity contribution in [1.29, 1.82) is 0 Å². The highest BCUT2D eigenvalue weighted by Gasteiger charge is 2.19. The topological polar surface area (TPSA) is 67.5 Å². The van der Waals surface area contributed by atoms with Crippen LogP contribution in [0.2, 0.25) is 0 Å². The molecule has 0 saturated heterocycles. The minimum atomic E-state index is -0.637. The smallest absolute Gasteiger partial charge is 0.122 e. The fourth-order valence-corrected chi connectivity index (χ4v) is 2.20. The van der Waals surface area contributed by atoms with E-state index in [1.165, 1.54) is 0 Å². The second kappa shape index (κ2) is 8.25. The number of hydrogen-bond donors (Lipinski definition) is 3. The summed E-state index contributed by atoms with van der Waals surface area (Å²) in [6, 6.07) is 3.72. The molecular formula is C16H28N2O2. The Morgan fingerprint density at radius 2 is 2.00 bits per heavy atom. The van der Waals surface area contributed by atoms with Crippen LogP contribution in [-0.2, 0) is 0 Å². The SMILES string of the molecule is CCCOc1cc(C)c(C(O)C(N)CCNC)cc1C. The van der Waals surface area contributed by atoms with Crippen LogP contribution in [0.5, 0.6) is 5.75 Å². The summed E-state index contributed by atoms with van der Waals surface area (Å²) in [5.41, 5.74) is 9.01. The van der Waals surface area contributed by atoms with Gasteiger partial charge in [0.05, 0.1) is 12.7 Å². The van der Waals surface area contributed by atoms with Crippen LogP contribution in [0.4, 0.5) is 0 Å². The molecule has 0 saturated carbocycles. The van der Waals surface area contributed by atoms with Crippen LogP contribution in [0.3, 0.4) is 0 Å². The van der Waals surface area contributed by atoms with Crippen molar-refractivity contribution in [2.45, 2.75) is 45.8 Å². The monoisotopic (exact) mass is 280 g/mol. The summed E-state index contributed by atoms with van der Waals surface area (Å²) in [5.74, 6) is 0.893. The number of benzene rings is 1. The van der Waals surface area contributed by atoms with Gasteiger partial charge in [-0.2, -0.15) is 0 Å². The van der Waals surface area contributed by atoms with Crippen molar-refractivity contribution >= 4 is 0 Å². The van der Waals surface area contributed by atoms with Gasteiger partial charge < -0.3 is 20.9 Å². The molecule has 4 heteroatoms. The molecule has 0 amide bonds. The lowest BCUT2D eigenvalue weighted by Crippen LogP contribution is -2.32. The maximum Gasteiger partial charge on any atom is 0.122 e. The van der Waals surface area contributed by atoms with Crippen LogP contribution in [0.1, 0.15) is 42.6 Å². The average Bonchev–Trinajstić information content (AvgIpc) is 2.44. The van der Waals surface area contributed by atoms with Crippen LogP contribution in [-0.4, -0.2) is 31.3 Å². The maximum absolute atomic E-state index is 10.4. The molecule has 0 aromatic heterocycles. The molecule has 0 aliphatic heterocycles. The van der Waals surface area contributed by atoms with E-state index in [0.717, 1.165) is 41.8 Å². The molecule has 4 nitrogen and oxygen atoms in total. The molecule has 2 unspecified atom stereocenters. The van der Waals surface area contributed by atoms with Gasteiger partial charge in [0.2, 0.25) is 0 Å². The summed E-state index contributed by atoms with van der Waals surface area (Å²) in [6.07, 6.45) is 1.09. The van der Waals surface area contributed by atoms with Gasteiger partial charge in [-0.25, -0.2) is 0 Å². The summed E-state index contributed by atoms with van der Waals surface area (Å²) >= 11 is 0. The first kappa shape index (κ1) is 17.0. The second-order valence-corrected chi connectivity index (χ2v) is 5.32. The Morgan fingerprint density at radius 3 is 2.60 bits per heavy atom. The molecule has 2 atom stereocenters. The Kier molecular flexibility index (Phi) is 6.99. The molecule has 0 bridgehead atoms. The molecule has 0 spiro atoms. The molecule has 0 aliphatic rings. The lowest BCUT2D eigenvalue weighted by molar-refractivity contribution is 0.141. The number of aliphatic hydroxyl groups is 1. The minimum Gasteiger partial charge on any atom is -0.493 e. The zero-order chi connectivity index (χ0) is 15.1. The molecule has 1 aromatic rings. The summed E-state index contributed by atoms with van der Waals surface area (Å²) in [5, 5.41) is 13.4. The van der Waals surface area contributed by atoms with Gasteiger partial charge in [-0.3, -0.25) is 0 Å². The van der Waals surface area contributed by atoms with Crippen molar-refractivity contribution in [1.82, 2.24) is 5.32 Å². The number of aryl methyl sites for hydroxylation is 2. The van der Waals surface area contributed by atoms with Gasteiger partial charge in [-0.1, -0.05) is 6.92 Å². The van der Waals surface area contributed by atoms with Gasteiger partial charge in [-0.05, 0) is 69.1 Å². The largest absolute Gasteiger partial charge is 0.493 e. The average molecular weight is 280 g/mol. The van der Waals surface area contributed by atoms with Crippen molar-refractivity contribution < 1.29 is 9.84 Å². The molecule has 0 fully saturated rings. The molecule has 0 heterocycles. The number of rotatable bonds is 8. The molecule has 1 rings (SSSR count). The number of ether oxygens (including phenoxy) is 1. The first-order valence-corrected chi connectivity index (χ1v) is 7.33. The second-order valence-electron chi connectivity index (χ2n) is 5.32. The third-order valence-corrected chi connectivity index (χ3v) is 3.48. The Morgan fingerprint density at radius 1 is 1.30 bits per heavy atom. The van der Waals surface area contributed by atoms with E-state index >= 15 is 0 Å². The van der Waals surface area contributed by atoms with E-state index in [4.69, 9.17) is 10.5 Å². The number of hydrogen-bond acceptors (Lipinski definition) is 4. The van der Waals surface area contributed by atoms with Crippen LogP contribution >= 0.6 is 0 Å². The summed E-state index contributed by atoms with van der Waals surface area (Å²) in [4.78, 5) is 0. The van der Waals surface area contributed by atoms with Crippen LogP contribution in [0, 0.1) is 13.8 Å². The number of aliphatic hydroxyl groups excluding tert-OH is 1. The van der Waals surface area contributed by atoms with Gasteiger partial charge in [0.25, 0.3) is 0 Å². The van der Waals surface area contributed by atoms with Crippen LogP contribution in [0.25, 0.3) is 0 Å². The van der Waals surface area contributed by atoms with E-state index in [0.29, 0.717) is 6.61 Å². The molecule has 1 aromatic carbocycles. The highest BCUT2D eigenvalue weighted by atomic mass is 16.5. The fourth-order valence-electron chi connectivity index (χ4n) is 2.20. The van der Waals surface area contributed by atoms with E-state index in [1.807, 2.05) is 33.0 Å². The van der Waals surface area contributed by atoms with Crippen molar-refractivity contribution in [3.63, 3.8) is 0 Å². The van der Waals surface area contributed by atoms with Crippen molar-refractivity contribution in [3.05, 3.63) is 28.8 Å². The first-order chi connectivity index (χ1) is 9.51. The van der Waals surface area contributed by atoms with Crippen molar-refractivity contribution in [2.24, 2.45) is 5.73 Å². The summed E-state index contributed by atoms with van der Waals surface area (Å²) in [7, 11) is 1.88. The highest BCUT2D eigenvalue weighted by Crippen LogP contribution is 2.28. The quantitative estimate of drug-likeness (QED) is 0.682. The van der Waals surface area contributed by atoms with E-state index in [9.17, 15) is 5.11 Å². The Hall–Kier alpha value is -1.10. The molecular weight excluding hydrogens is 252 g/mol. The van der Waals surface area contributed by atoms with Gasteiger partial charge in [0.15, 0.2) is 0 Å². The predicted octanol–water partition coefficient (Wildman–Crippen LogP) is 2.06. The van der Waals surface area contributed by atoms with Crippen LogP contribution < -0.4 is 15.8 Å². The minimum absolute atomic E-state index is 0.261. The van der Waals surface area contributed by atoms with E-state index < -0.39 is 6.10 Å². The summed E-state index contributed by atoms with van der Waals surface area (Å²) in [6.45, 7) is 7.58. The Labute approximate surface area is 122 Å². The zero-order valence-corrected chi connectivity index (χ0v) is 13.1. The van der Waals surface area contributed by atoms with Gasteiger partial charge >= 0.3 is 0 Å². The van der Waals surface area contributed by atoms with Crippen molar-refractivity contribution in [2.75, 3.05) is 20.2 Å². The van der Waals surface area contributed by atoms with E-state index in [-0.39, 0.29) is 6.04 Å². The molecule has 0 radical (unpaired) electrons. The third kappa shape index (κ3) is 4.47. The van der Waals surface area contributed by atoms with Gasteiger partial charge in [0.1, 0.15) is 5.75 Å². The molecule has 114 valence electrons. The lowest BCUT2D eigenvalue weighted by atomic mass is 9.94. The normalized spacial score (nSPS) is 14.1. The van der Waals surface area contributed by atoms with Gasteiger partial charge in [-0.15, -0.1) is 0 Å². The summed E-state index contributed by atoms with van der Waals surface area (Å²) < 4.78 is 5.70. The number of nitrogens with one attached hydrogen (secondary N) is 1. The van der Waals surface area contributed by atoms with Crippen molar-refractivity contribution in [3.8, 4) is 5.75 Å². The maximum atomic E-state index is 10.4. The predicted molar refractivity (Wildman–Crippen MR) is 83.2 cm³/mol. The molecule has 20 heavy (non-hydrogen) atoms. The Balaban J connectivity index is 2.87. The molecule has 0 aliphatic carbocycles. The van der Waals surface area contributed by atoms with Gasteiger partial charge in [0, 0.05) is 6.04 Å². The zero-order valence-electron chi connectivity index (χ0n) is 13.1. The molecule has 4 N–H and O–H groups in total. The van der Waals surface area contributed by atoms with E-state index in [2.05, 4.69) is 12.2 Å². The fraction of sp³-hybridized carbons (Fsp3) is 0.625. The van der Waals surface area contributed by atoms with E-state index in [1.54, 1.807) is 0 Å². The first-order valence-electron chi connectivity index (χ1n) is 7.33. The standard InChI is InChI=1S/C16H28N2O2/c1-5-8-20-15-10-11(2)13(9-12(15)3)16(19)14(17)6-7-18-4/h9-10,14,16,18-19H,5-8,17H2,1-4H3.